The van der Waals surface area contributed by atoms with Crippen molar-refractivity contribution in [3.05, 3.63) is 108 Å². The minimum absolute atomic E-state index is 0.189. The van der Waals surface area contributed by atoms with Crippen molar-refractivity contribution < 1.29 is 43.5 Å². The minimum atomic E-state index is -1.78. The van der Waals surface area contributed by atoms with Crippen molar-refractivity contribution in [2.24, 2.45) is 0 Å². The van der Waals surface area contributed by atoms with E-state index in [0.29, 0.717) is 0 Å². The van der Waals surface area contributed by atoms with Gasteiger partial charge in [0.25, 0.3) is 0 Å². The van der Waals surface area contributed by atoms with Crippen LogP contribution in [0.4, 0.5) is 0 Å². The molecule has 9 nitrogen and oxygen atoms in total. The van der Waals surface area contributed by atoms with Crippen molar-refractivity contribution in [3.63, 3.8) is 0 Å². The first-order valence-electron chi connectivity index (χ1n) is 11.2. The summed E-state index contributed by atoms with van der Waals surface area (Å²) in [5.74, 6) is -2.27. The third-order valence-electron chi connectivity index (χ3n) is 5.53. The normalized spacial score (nSPS) is 23.3. The highest BCUT2D eigenvalue weighted by Crippen LogP contribution is 2.27. The summed E-state index contributed by atoms with van der Waals surface area (Å²) in [6.45, 7) is -0.450. The lowest BCUT2D eigenvalue weighted by Gasteiger charge is -2.41. The molecule has 186 valence electrons. The van der Waals surface area contributed by atoms with Crippen LogP contribution in [-0.2, 0) is 18.9 Å². The van der Waals surface area contributed by atoms with Gasteiger partial charge in [0.1, 0.15) is 18.8 Å². The molecule has 36 heavy (non-hydrogen) atoms. The molecule has 1 heterocycles. The molecule has 1 aliphatic rings. The lowest BCUT2D eigenvalue weighted by Crippen LogP contribution is -2.61. The monoisotopic (exact) mass is 492 g/mol. The molecule has 4 rings (SSSR count). The quantitative estimate of drug-likeness (QED) is 0.377. The largest absolute Gasteiger partial charge is 0.459 e. The number of aliphatic hydroxyl groups excluding tert-OH is 2. The standard InChI is InChI=1S/C27H24O9/c28-21-22(35-25(30)18-12-6-2-7-13-18)20(16-33-24(29)17-10-4-1-5-11-17)34-27(32)23(21)36-26(31)19-14-8-3-9-15-19/h1-15,20-23,27-28,32H,16H2/t20-,21+,22-,23-,27+/m1/s1. The molecule has 0 radical (unpaired) electrons. The lowest BCUT2D eigenvalue weighted by atomic mass is 9.98. The van der Waals surface area contributed by atoms with Gasteiger partial charge in [0.05, 0.1) is 16.7 Å². The summed E-state index contributed by atoms with van der Waals surface area (Å²) in [6, 6.07) is 24.2. The van der Waals surface area contributed by atoms with E-state index in [2.05, 4.69) is 0 Å². The maximum atomic E-state index is 12.7. The molecular formula is C27H24O9. The Labute approximate surface area is 206 Å². The molecule has 1 aliphatic heterocycles. The number of carbonyl (C=O) groups is 3. The smallest absolute Gasteiger partial charge is 0.338 e. The van der Waals surface area contributed by atoms with Crippen LogP contribution >= 0.6 is 0 Å². The van der Waals surface area contributed by atoms with Gasteiger partial charge in [-0.05, 0) is 36.4 Å². The Hall–Kier alpha value is -4.05. The fourth-order valence-corrected chi connectivity index (χ4v) is 3.66. The number of hydrogen-bond acceptors (Lipinski definition) is 9. The highest BCUT2D eigenvalue weighted by atomic mass is 16.7. The second-order valence-corrected chi connectivity index (χ2v) is 7.99. The van der Waals surface area contributed by atoms with E-state index in [1.807, 2.05) is 0 Å². The van der Waals surface area contributed by atoms with Gasteiger partial charge < -0.3 is 29.2 Å². The second-order valence-electron chi connectivity index (χ2n) is 7.99. The number of esters is 3. The average molecular weight is 492 g/mol. The number of hydrogen-bond donors (Lipinski definition) is 2. The van der Waals surface area contributed by atoms with E-state index in [1.165, 1.54) is 24.3 Å². The molecule has 3 aromatic rings. The fourth-order valence-electron chi connectivity index (χ4n) is 3.66. The first-order chi connectivity index (χ1) is 17.4. The van der Waals surface area contributed by atoms with Gasteiger partial charge in [-0.25, -0.2) is 14.4 Å². The molecule has 0 aromatic heterocycles. The summed E-state index contributed by atoms with van der Waals surface area (Å²) < 4.78 is 21.6. The molecule has 0 saturated carbocycles. The molecule has 0 bridgehead atoms. The van der Waals surface area contributed by atoms with Crippen LogP contribution in [0.15, 0.2) is 91.0 Å². The van der Waals surface area contributed by atoms with Crippen molar-refractivity contribution in [1.29, 1.82) is 0 Å². The zero-order valence-electron chi connectivity index (χ0n) is 19.0. The molecule has 1 saturated heterocycles. The Balaban J connectivity index is 1.52. The Bertz CT molecular complexity index is 1170. The van der Waals surface area contributed by atoms with Crippen molar-refractivity contribution >= 4 is 17.9 Å². The highest BCUT2D eigenvalue weighted by molar-refractivity contribution is 5.90. The van der Waals surface area contributed by atoms with Gasteiger partial charge in [0, 0.05) is 0 Å². The third-order valence-corrected chi connectivity index (χ3v) is 5.53. The topological polar surface area (TPSA) is 129 Å². The number of carbonyl (C=O) groups excluding carboxylic acids is 3. The number of aliphatic hydroxyl groups is 2. The summed E-state index contributed by atoms with van der Waals surface area (Å²) in [5, 5.41) is 21.5. The van der Waals surface area contributed by atoms with Crippen LogP contribution in [0.25, 0.3) is 0 Å². The molecule has 3 aromatic carbocycles. The van der Waals surface area contributed by atoms with Gasteiger partial charge in [-0.15, -0.1) is 0 Å². The van der Waals surface area contributed by atoms with E-state index in [4.69, 9.17) is 18.9 Å². The fraction of sp³-hybridized carbons (Fsp3) is 0.222. The molecule has 5 atom stereocenters. The predicted molar refractivity (Wildman–Crippen MR) is 125 cm³/mol. The van der Waals surface area contributed by atoms with Crippen molar-refractivity contribution in [1.82, 2.24) is 0 Å². The van der Waals surface area contributed by atoms with E-state index in [-0.39, 0.29) is 16.7 Å². The van der Waals surface area contributed by atoms with E-state index in [1.54, 1.807) is 66.7 Å². The zero-order valence-corrected chi connectivity index (χ0v) is 19.0. The van der Waals surface area contributed by atoms with Crippen LogP contribution in [0.3, 0.4) is 0 Å². The molecule has 0 spiro atoms. The van der Waals surface area contributed by atoms with Crippen LogP contribution in [0.1, 0.15) is 31.1 Å². The van der Waals surface area contributed by atoms with Crippen LogP contribution in [0.2, 0.25) is 0 Å². The summed E-state index contributed by atoms with van der Waals surface area (Å²) in [4.78, 5) is 37.6. The summed E-state index contributed by atoms with van der Waals surface area (Å²) >= 11 is 0. The van der Waals surface area contributed by atoms with Gasteiger partial charge in [-0.3, -0.25) is 0 Å². The van der Waals surface area contributed by atoms with Crippen LogP contribution in [-0.4, -0.2) is 65.4 Å². The molecular weight excluding hydrogens is 468 g/mol. The van der Waals surface area contributed by atoms with E-state index in [9.17, 15) is 24.6 Å². The SMILES string of the molecule is O=C(OC[C@H]1O[C@H](O)[C@H](OC(=O)c2ccccc2)[C@@H](O)[C@@H]1OC(=O)c1ccccc1)c1ccccc1. The van der Waals surface area contributed by atoms with Crippen molar-refractivity contribution in [2.45, 2.75) is 30.7 Å². The summed E-state index contributed by atoms with van der Waals surface area (Å²) in [6.07, 6.45) is -7.72. The first kappa shape index (κ1) is 25.1. The molecule has 1 fully saturated rings. The molecule has 2 N–H and O–H groups in total. The summed E-state index contributed by atoms with van der Waals surface area (Å²) in [7, 11) is 0. The van der Waals surface area contributed by atoms with E-state index < -0.39 is 55.2 Å². The Morgan fingerprint density at radius 2 is 1.06 bits per heavy atom. The van der Waals surface area contributed by atoms with E-state index >= 15 is 0 Å². The van der Waals surface area contributed by atoms with Crippen molar-refractivity contribution in [2.75, 3.05) is 6.61 Å². The highest BCUT2D eigenvalue weighted by Gasteiger charge is 2.49. The second kappa shape index (κ2) is 11.6. The maximum absolute atomic E-state index is 12.7. The molecule has 9 heteroatoms. The van der Waals surface area contributed by atoms with Crippen LogP contribution < -0.4 is 0 Å². The zero-order chi connectivity index (χ0) is 25.5. The Morgan fingerprint density at radius 1 is 0.639 bits per heavy atom. The van der Waals surface area contributed by atoms with Gasteiger partial charge >= 0.3 is 17.9 Å². The Morgan fingerprint density at radius 3 is 1.53 bits per heavy atom. The Kier molecular flexibility index (Phi) is 8.06. The van der Waals surface area contributed by atoms with Gasteiger partial charge in [0.2, 0.25) is 0 Å². The molecule has 0 aliphatic carbocycles. The van der Waals surface area contributed by atoms with E-state index in [0.717, 1.165) is 0 Å². The average Bonchev–Trinajstić information content (AvgIpc) is 2.92. The van der Waals surface area contributed by atoms with Gasteiger partial charge in [0.15, 0.2) is 18.5 Å². The van der Waals surface area contributed by atoms with Crippen LogP contribution in [0.5, 0.6) is 0 Å². The van der Waals surface area contributed by atoms with Gasteiger partial charge in [-0.1, -0.05) is 54.6 Å². The van der Waals surface area contributed by atoms with Crippen LogP contribution in [0, 0.1) is 0 Å². The lowest BCUT2D eigenvalue weighted by molar-refractivity contribution is -0.284. The summed E-state index contributed by atoms with van der Waals surface area (Å²) in [5.41, 5.74) is 0.671. The maximum Gasteiger partial charge on any atom is 0.338 e. The molecule has 0 unspecified atom stereocenters. The number of rotatable bonds is 7. The first-order valence-corrected chi connectivity index (χ1v) is 11.2. The number of ether oxygens (including phenoxy) is 4. The number of benzene rings is 3. The van der Waals surface area contributed by atoms with Crippen molar-refractivity contribution in [3.8, 4) is 0 Å². The molecule has 0 amide bonds. The minimum Gasteiger partial charge on any atom is -0.459 e. The van der Waals surface area contributed by atoms with Gasteiger partial charge in [-0.2, -0.15) is 0 Å². The third kappa shape index (κ3) is 5.95. The predicted octanol–water partition coefficient (Wildman–Crippen LogP) is 2.37.